The molecule has 0 aromatic heterocycles. The number of aliphatic carboxylic acids is 1. The van der Waals surface area contributed by atoms with E-state index in [0.717, 1.165) is 31.8 Å². The summed E-state index contributed by atoms with van der Waals surface area (Å²) in [6, 6.07) is 0.606. The van der Waals surface area contributed by atoms with E-state index in [0.29, 0.717) is 18.4 Å². The summed E-state index contributed by atoms with van der Waals surface area (Å²) in [5.41, 5.74) is 0. The monoisotopic (exact) mass is 241 g/mol. The van der Waals surface area contributed by atoms with Crippen LogP contribution in [0.3, 0.4) is 0 Å². The van der Waals surface area contributed by atoms with Gasteiger partial charge < -0.3 is 10.0 Å². The van der Waals surface area contributed by atoms with Crippen LogP contribution in [-0.4, -0.2) is 35.1 Å². The van der Waals surface area contributed by atoms with Crippen LogP contribution >= 0.6 is 0 Å². The molecule has 1 N–H and O–H groups in total. The second-order valence-electron chi connectivity index (χ2n) is 5.92. The van der Waals surface area contributed by atoms with Gasteiger partial charge in [-0.2, -0.15) is 0 Å². The fraction of sp³-hybridized carbons (Fsp3) is 0.929. The number of hydrogen-bond donors (Lipinski definition) is 1. The van der Waals surface area contributed by atoms with Gasteiger partial charge in [-0.15, -0.1) is 0 Å². The number of hydrogen-bond acceptors (Lipinski definition) is 2. The Labute approximate surface area is 105 Å². The van der Waals surface area contributed by atoms with Gasteiger partial charge in [-0.3, -0.25) is 4.79 Å². The Hall–Kier alpha value is -0.570. The molecule has 17 heavy (non-hydrogen) atoms. The number of likely N-dealkylation sites (tertiary alicyclic amines) is 1. The Balaban J connectivity index is 2.34. The highest BCUT2D eigenvalue weighted by molar-refractivity contribution is 5.67. The Morgan fingerprint density at radius 1 is 1.35 bits per heavy atom. The molecular weight excluding hydrogens is 214 g/mol. The van der Waals surface area contributed by atoms with Crippen LogP contribution in [0, 0.1) is 11.8 Å². The minimum atomic E-state index is -0.647. The fourth-order valence-electron chi connectivity index (χ4n) is 2.67. The number of nitrogens with zero attached hydrogens (tertiary/aromatic N) is 1. The summed E-state index contributed by atoms with van der Waals surface area (Å²) < 4.78 is 0. The highest BCUT2D eigenvalue weighted by Gasteiger charge is 2.24. The molecule has 0 aromatic rings. The predicted octanol–water partition coefficient (Wildman–Crippen LogP) is 3.00. The van der Waals surface area contributed by atoms with E-state index < -0.39 is 5.97 Å². The molecule has 0 aromatic carbocycles. The molecule has 2 unspecified atom stereocenters. The lowest BCUT2D eigenvalue weighted by Crippen LogP contribution is -2.41. The van der Waals surface area contributed by atoms with E-state index in [1.165, 1.54) is 12.8 Å². The van der Waals surface area contributed by atoms with Crippen molar-refractivity contribution >= 4 is 5.97 Å². The topological polar surface area (TPSA) is 40.5 Å². The standard InChI is InChI=1S/C14H27NO2/c1-11(2)6-7-12(3)15-8-4-5-13(10-15)9-14(16)17/h11-13H,4-10H2,1-3H3,(H,16,17). The van der Waals surface area contributed by atoms with Crippen molar-refractivity contribution in [2.45, 2.75) is 58.9 Å². The number of rotatable bonds is 6. The smallest absolute Gasteiger partial charge is 0.303 e. The summed E-state index contributed by atoms with van der Waals surface area (Å²) in [6.07, 6.45) is 5.08. The van der Waals surface area contributed by atoms with Gasteiger partial charge in [0, 0.05) is 19.0 Å². The van der Waals surface area contributed by atoms with Crippen LogP contribution in [-0.2, 0) is 4.79 Å². The molecule has 0 amide bonds. The Bertz CT molecular complexity index is 240. The lowest BCUT2D eigenvalue weighted by atomic mass is 9.93. The molecule has 3 nitrogen and oxygen atoms in total. The summed E-state index contributed by atoms with van der Waals surface area (Å²) >= 11 is 0. The SMILES string of the molecule is CC(C)CCC(C)N1CCCC(CC(=O)O)C1. The van der Waals surface area contributed by atoms with Crippen LogP contribution in [0.1, 0.15) is 52.9 Å². The van der Waals surface area contributed by atoms with Crippen LogP contribution in [0.15, 0.2) is 0 Å². The molecule has 0 aliphatic carbocycles. The van der Waals surface area contributed by atoms with E-state index in [-0.39, 0.29) is 0 Å². The first-order valence-electron chi connectivity index (χ1n) is 6.95. The fourth-order valence-corrected chi connectivity index (χ4v) is 2.67. The summed E-state index contributed by atoms with van der Waals surface area (Å²) in [4.78, 5) is 13.2. The average molecular weight is 241 g/mol. The second-order valence-corrected chi connectivity index (χ2v) is 5.92. The molecule has 0 saturated carbocycles. The maximum atomic E-state index is 10.7. The van der Waals surface area contributed by atoms with Crippen LogP contribution in [0.4, 0.5) is 0 Å². The molecule has 0 spiro atoms. The van der Waals surface area contributed by atoms with Crippen LogP contribution < -0.4 is 0 Å². The third-order valence-corrected chi connectivity index (χ3v) is 3.80. The zero-order valence-corrected chi connectivity index (χ0v) is 11.5. The molecule has 1 heterocycles. The molecule has 1 aliphatic heterocycles. The minimum Gasteiger partial charge on any atom is -0.481 e. The zero-order chi connectivity index (χ0) is 12.8. The van der Waals surface area contributed by atoms with Gasteiger partial charge in [-0.25, -0.2) is 0 Å². The van der Waals surface area contributed by atoms with E-state index in [1.807, 2.05) is 0 Å². The van der Waals surface area contributed by atoms with E-state index in [9.17, 15) is 4.79 Å². The third-order valence-electron chi connectivity index (χ3n) is 3.80. The van der Waals surface area contributed by atoms with Gasteiger partial charge in [0.15, 0.2) is 0 Å². The maximum Gasteiger partial charge on any atom is 0.303 e. The van der Waals surface area contributed by atoms with Crippen molar-refractivity contribution in [2.24, 2.45) is 11.8 Å². The number of carbonyl (C=O) groups is 1. The van der Waals surface area contributed by atoms with Gasteiger partial charge in [0.05, 0.1) is 0 Å². The van der Waals surface area contributed by atoms with E-state index >= 15 is 0 Å². The summed E-state index contributed by atoms with van der Waals surface area (Å²) in [5, 5.41) is 8.85. The average Bonchev–Trinajstić information content (AvgIpc) is 2.25. The first-order valence-corrected chi connectivity index (χ1v) is 6.95. The molecular formula is C14H27NO2. The third kappa shape index (κ3) is 5.53. The molecule has 1 aliphatic rings. The largest absolute Gasteiger partial charge is 0.481 e. The second kappa shape index (κ2) is 7.00. The Morgan fingerprint density at radius 2 is 2.06 bits per heavy atom. The van der Waals surface area contributed by atoms with Gasteiger partial charge in [-0.05, 0) is 51.0 Å². The molecule has 2 atom stereocenters. The van der Waals surface area contributed by atoms with Crippen LogP contribution in [0.2, 0.25) is 0 Å². The molecule has 100 valence electrons. The van der Waals surface area contributed by atoms with Crippen molar-refractivity contribution in [1.29, 1.82) is 0 Å². The van der Waals surface area contributed by atoms with E-state index in [4.69, 9.17) is 5.11 Å². The lowest BCUT2D eigenvalue weighted by Gasteiger charge is -2.36. The van der Waals surface area contributed by atoms with Crippen LogP contribution in [0.5, 0.6) is 0 Å². The summed E-state index contributed by atoms with van der Waals surface area (Å²) in [5.74, 6) is 0.478. The van der Waals surface area contributed by atoms with Gasteiger partial charge in [0.2, 0.25) is 0 Å². The molecule has 3 heteroatoms. The van der Waals surface area contributed by atoms with Gasteiger partial charge >= 0.3 is 5.97 Å². The van der Waals surface area contributed by atoms with Gasteiger partial charge in [-0.1, -0.05) is 13.8 Å². The Kier molecular flexibility index (Phi) is 5.96. The normalized spacial score (nSPS) is 23.9. The quantitative estimate of drug-likeness (QED) is 0.777. The first-order chi connectivity index (χ1) is 7.99. The minimum absolute atomic E-state index is 0.341. The summed E-state index contributed by atoms with van der Waals surface area (Å²) in [7, 11) is 0. The van der Waals surface area contributed by atoms with Crippen molar-refractivity contribution < 1.29 is 9.90 Å². The number of carboxylic acid groups (broad SMARTS) is 1. The summed E-state index contributed by atoms with van der Waals surface area (Å²) in [6.45, 7) is 8.93. The van der Waals surface area contributed by atoms with Crippen molar-refractivity contribution in [3.63, 3.8) is 0 Å². The first kappa shape index (κ1) is 14.5. The number of piperidine rings is 1. The van der Waals surface area contributed by atoms with Gasteiger partial charge in [0.1, 0.15) is 0 Å². The molecule has 1 rings (SSSR count). The maximum absolute atomic E-state index is 10.7. The molecule has 1 fully saturated rings. The molecule has 0 bridgehead atoms. The molecule has 0 radical (unpaired) electrons. The number of carboxylic acids is 1. The highest BCUT2D eigenvalue weighted by Crippen LogP contribution is 2.23. The van der Waals surface area contributed by atoms with E-state index in [2.05, 4.69) is 25.7 Å². The van der Waals surface area contributed by atoms with Gasteiger partial charge in [0.25, 0.3) is 0 Å². The van der Waals surface area contributed by atoms with Crippen molar-refractivity contribution in [1.82, 2.24) is 4.90 Å². The van der Waals surface area contributed by atoms with Crippen molar-refractivity contribution in [3.8, 4) is 0 Å². The van der Waals surface area contributed by atoms with Crippen LogP contribution in [0.25, 0.3) is 0 Å². The predicted molar refractivity (Wildman–Crippen MR) is 70.1 cm³/mol. The van der Waals surface area contributed by atoms with Crippen molar-refractivity contribution in [3.05, 3.63) is 0 Å². The Morgan fingerprint density at radius 3 is 2.65 bits per heavy atom. The lowest BCUT2D eigenvalue weighted by molar-refractivity contribution is -0.138. The highest BCUT2D eigenvalue weighted by atomic mass is 16.4. The zero-order valence-electron chi connectivity index (χ0n) is 11.5. The van der Waals surface area contributed by atoms with Crippen molar-refractivity contribution in [2.75, 3.05) is 13.1 Å². The molecule has 1 saturated heterocycles. The van der Waals surface area contributed by atoms with E-state index in [1.54, 1.807) is 0 Å².